The third kappa shape index (κ3) is 2.70. The van der Waals surface area contributed by atoms with Crippen LogP contribution in [0.2, 0.25) is 0 Å². The topological polar surface area (TPSA) is 56.0 Å². The SMILES string of the molecule is c1cncc(-c2ccc3ccc(-c4nc(C5CCC5)n5ccncc45)cc3n2)c1. The van der Waals surface area contributed by atoms with Crippen LogP contribution >= 0.6 is 0 Å². The van der Waals surface area contributed by atoms with Crippen molar-refractivity contribution in [2.75, 3.05) is 0 Å². The van der Waals surface area contributed by atoms with Gasteiger partial charge in [0.1, 0.15) is 5.82 Å². The molecule has 5 heteroatoms. The quantitative estimate of drug-likeness (QED) is 0.429. The molecule has 29 heavy (non-hydrogen) atoms. The van der Waals surface area contributed by atoms with Crippen LogP contribution in [0.4, 0.5) is 0 Å². The molecular formula is C24H19N5. The van der Waals surface area contributed by atoms with Crippen molar-refractivity contribution in [2.45, 2.75) is 25.2 Å². The Morgan fingerprint density at radius 2 is 1.76 bits per heavy atom. The van der Waals surface area contributed by atoms with Crippen LogP contribution in [0.15, 0.2) is 73.4 Å². The van der Waals surface area contributed by atoms with E-state index in [4.69, 9.17) is 9.97 Å². The van der Waals surface area contributed by atoms with Crippen molar-refractivity contribution in [3.8, 4) is 22.5 Å². The molecule has 4 heterocycles. The highest BCUT2D eigenvalue weighted by atomic mass is 15.0. The normalized spacial score (nSPS) is 14.3. The maximum Gasteiger partial charge on any atom is 0.117 e. The zero-order valence-electron chi connectivity index (χ0n) is 15.9. The molecule has 1 aliphatic rings. The van der Waals surface area contributed by atoms with Crippen LogP contribution < -0.4 is 0 Å². The molecular weight excluding hydrogens is 358 g/mol. The largest absolute Gasteiger partial charge is 0.300 e. The summed E-state index contributed by atoms with van der Waals surface area (Å²) in [5.74, 6) is 1.70. The lowest BCUT2D eigenvalue weighted by atomic mass is 9.85. The van der Waals surface area contributed by atoms with Crippen molar-refractivity contribution in [1.29, 1.82) is 0 Å². The second-order valence-corrected chi connectivity index (χ2v) is 7.62. The van der Waals surface area contributed by atoms with Gasteiger partial charge in [0.25, 0.3) is 0 Å². The van der Waals surface area contributed by atoms with Gasteiger partial charge < -0.3 is 0 Å². The van der Waals surface area contributed by atoms with Gasteiger partial charge >= 0.3 is 0 Å². The fourth-order valence-corrected chi connectivity index (χ4v) is 4.07. The third-order valence-corrected chi connectivity index (χ3v) is 5.87. The van der Waals surface area contributed by atoms with Crippen LogP contribution in [0, 0.1) is 0 Å². The Hall–Kier alpha value is -3.60. The Morgan fingerprint density at radius 3 is 2.59 bits per heavy atom. The molecule has 5 aromatic rings. The average Bonchev–Trinajstić information content (AvgIpc) is 3.12. The van der Waals surface area contributed by atoms with Crippen LogP contribution in [0.25, 0.3) is 38.9 Å². The van der Waals surface area contributed by atoms with Crippen molar-refractivity contribution in [1.82, 2.24) is 24.3 Å². The molecule has 5 nitrogen and oxygen atoms in total. The van der Waals surface area contributed by atoms with Gasteiger partial charge in [0.15, 0.2) is 0 Å². The number of pyridine rings is 2. The van der Waals surface area contributed by atoms with E-state index in [1.54, 1.807) is 6.20 Å². The molecule has 0 aliphatic heterocycles. The van der Waals surface area contributed by atoms with Crippen molar-refractivity contribution in [3.05, 3.63) is 79.3 Å². The van der Waals surface area contributed by atoms with Gasteiger partial charge in [-0.1, -0.05) is 24.6 Å². The zero-order valence-corrected chi connectivity index (χ0v) is 15.9. The molecule has 0 unspecified atom stereocenters. The summed E-state index contributed by atoms with van der Waals surface area (Å²) < 4.78 is 2.20. The van der Waals surface area contributed by atoms with Crippen LogP contribution in [-0.4, -0.2) is 24.3 Å². The summed E-state index contributed by atoms with van der Waals surface area (Å²) in [7, 11) is 0. The molecule has 1 fully saturated rings. The Morgan fingerprint density at radius 1 is 0.862 bits per heavy atom. The molecule has 1 aliphatic carbocycles. The smallest absolute Gasteiger partial charge is 0.117 e. The van der Waals surface area contributed by atoms with E-state index >= 15 is 0 Å². The van der Waals surface area contributed by atoms with Gasteiger partial charge in [-0.3, -0.25) is 14.4 Å². The third-order valence-electron chi connectivity index (χ3n) is 5.87. The monoisotopic (exact) mass is 377 g/mol. The molecule has 140 valence electrons. The van der Waals surface area contributed by atoms with Gasteiger partial charge in [-0.2, -0.15) is 0 Å². The lowest BCUT2D eigenvalue weighted by molar-refractivity contribution is 0.400. The standard InChI is InChI=1S/C24H19N5/c1-3-17(4-1)24-28-23(22-15-26-11-12-29(22)24)18-7-6-16-8-9-20(27-21(16)13-18)19-5-2-10-25-14-19/h2,5-15,17H,1,3-4H2. The number of hydrogen-bond acceptors (Lipinski definition) is 4. The van der Waals surface area contributed by atoms with E-state index in [0.717, 1.165) is 44.8 Å². The van der Waals surface area contributed by atoms with Gasteiger partial charge in [0.05, 0.1) is 28.6 Å². The van der Waals surface area contributed by atoms with Crippen molar-refractivity contribution < 1.29 is 0 Å². The molecule has 1 aromatic carbocycles. The Kier molecular flexibility index (Phi) is 3.66. The first-order valence-electron chi connectivity index (χ1n) is 10.0. The van der Waals surface area contributed by atoms with E-state index in [1.165, 1.54) is 19.3 Å². The summed E-state index contributed by atoms with van der Waals surface area (Å²) >= 11 is 0. The summed E-state index contributed by atoms with van der Waals surface area (Å²) in [5, 5.41) is 1.11. The fraction of sp³-hybridized carbons (Fsp3) is 0.167. The van der Waals surface area contributed by atoms with E-state index in [9.17, 15) is 0 Å². The lowest BCUT2D eigenvalue weighted by Gasteiger charge is -2.23. The molecule has 4 aromatic heterocycles. The van der Waals surface area contributed by atoms with Crippen molar-refractivity contribution in [3.63, 3.8) is 0 Å². The molecule has 0 spiro atoms. The number of benzene rings is 1. The zero-order chi connectivity index (χ0) is 19.2. The first kappa shape index (κ1) is 16.4. The highest BCUT2D eigenvalue weighted by Gasteiger charge is 2.25. The van der Waals surface area contributed by atoms with Crippen molar-refractivity contribution >= 4 is 16.4 Å². The Bertz CT molecular complexity index is 1340. The minimum atomic E-state index is 0.550. The second-order valence-electron chi connectivity index (χ2n) is 7.62. The molecule has 0 amide bonds. The fourth-order valence-electron chi connectivity index (χ4n) is 4.07. The van der Waals surface area contributed by atoms with Crippen molar-refractivity contribution in [2.24, 2.45) is 0 Å². The maximum atomic E-state index is 5.05. The van der Waals surface area contributed by atoms with E-state index in [1.807, 2.05) is 43.0 Å². The predicted octanol–water partition coefficient (Wildman–Crippen LogP) is 5.27. The number of imidazole rings is 1. The molecule has 0 radical (unpaired) electrons. The molecule has 0 atom stereocenters. The average molecular weight is 377 g/mol. The van der Waals surface area contributed by atoms with E-state index in [-0.39, 0.29) is 0 Å². The van der Waals surface area contributed by atoms with Crippen LogP contribution in [-0.2, 0) is 0 Å². The molecule has 0 saturated heterocycles. The Labute approximate surface area is 168 Å². The lowest BCUT2D eigenvalue weighted by Crippen LogP contribution is -2.12. The van der Waals surface area contributed by atoms with Gasteiger partial charge in [-0.15, -0.1) is 0 Å². The highest BCUT2D eigenvalue weighted by Crippen LogP contribution is 2.38. The van der Waals surface area contributed by atoms with Gasteiger partial charge in [-0.05, 0) is 37.1 Å². The van der Waals surface area contributed by atoms with Crippen LogP contribution in [0.5, 0.6) is 0 Å². The van der Waals surface area contributed by atoms with E-state index in [2.05, 4.69) is 38.6 Å². The highest BCUT2D eigenvalue weighted by molar-refractivity contribution is 5.88. The van der Waals surface area contributed by atoms with Crippen LogP contribution in [0.1, 0.15) is 31.0 Å². The minimum Gasteiger partial charge on any atom is -0.300 e. The summed E-state index contributed by atoms with van der Waals surface area (Å²) in [4.78, 5) is 18.5. The predicted molar refractivity (Wildman–Crippen MR) is 114 cm³/mol. The first-order chi connectivity index (χ1) is 14.4. The van der Waals surface area contributed by atoms with E-state index in [0.29, 0.717) is 5.92 Å². The summed E-state index contributed by atoms with van der Waals surface area (Å²) in [6.07, 6.45) is 13.1. The summed E-state index contributed by atoms with van der Waals surface area (Å²) in [6, 6.07) is 14.5. The number of aromatic nitrogens is 5. The van der Waals surface area contributed by atoms with Gasteiger partial charge in [0.2, 0.25) is 0 Å². The number of rotatable bonds is 3. The summed E-state index contributed by atoms with van der Waals surface area (Å²) in [6.45, 7) is 0. The molecule has 6 rings (SSSR count). The molecule has 0 N–H and O–H groups in total. The number of fused-ring (bicyclic) bond motifs is 2. The number of nitrogens with zero attached hydrogens (tertiary/aromatic N) is 5. The van der Waals surface area contributed by atoms with E-state index < -0.39 is 0 Å². The van der Waals surface area contributed by atoms with Gasteiger partial charge in [-0.25, -0.2) is 9.97 Å². The minimum absolute atomic E-state index is 0.550. The molecule has 0 bridgehead atoms. The second kappa shape index (κ2) is 6.48. The Balaban J connectivity index is 1.51. The van der Waals surface area contributed by atoms with Crippen LogP contribution in [0.3, 0.4) is 0 Å². The van der Waals surface area contributed by atoms with Gasteiger partial charge in [0, 0.05) is 47.2 Å². The maximum absolute atomic E-state index is 5.05. The summed E-state index contributed by atoms with van der Waals surface area (Å²) in [5.41, 5.74) is 6.01. The number of hydrogen-bond donors (Lipinski definition) is 0. The first-order valence-corrected chi connectivity index (χ1v) is 10.0. The molecule has 1 saturated carbocycles.